The van der Waals surface area contributed by atoms with Crippen LogP contribution in [0.5, 0.6) is 0 Å². The van der Waals surface area contributed by atoms with E-state index in [1.165, 1.54) is 60.7 Å². The van der Waals surface area contributed by atoms with Crippen molar-refractivity contribution in [3.05, 3.63) is 119 Å². The van der Waals surface area contributed by atoms with E-state index in [0.29, 0.717) is 0 Å². The summed E-state index contributed by atoms with van der Waals surface area (Å²) in [6.45, 7) is 3.68. The van der Waals surface area contributed by atoms with Crippen LogP contribution in [0.3, 0.4) is 0 Å². The Balaban J connectivity index is 0.000000280. The number of hydrogen-bond donors (Lipinski definition) is 2. The zero-order valence-corrected chi connectivity index (χ0v) is 26.6. The van der Waals surface area contributed by atoms with Crippen molar-refractivity contribution in [3.8, 4) is 0 Å². The third-order valence-electron chi connectivity index (χ3n) is 5.45. The zero-order chi connectivity index (χ0) is 29.5. The molecule has 0 heterocycles. The molecule has 0 fully saturated rings. The average molecular weight is 646 g/mol. The van der Waals surface area contributed by atoms with Crippen molar-refractivity contribution in [3.63, 3.8) is 0 Å². The molecule has 10 nitrogen and oxygen atoms in total. The number of carboxylic acid groups (broad SMARTS) is 2. The van der Waals surface area contributed by atoms with Crippen molar-refractivity contribution in [2.45, 2.75) is 23.6 Å². The van der Waals surface area contributed by atoms with E-state index in [1.807, 2.05) is 13.8 Å². The van der Waals surface area contributed by atoms with Gasteiger partial charge in [0, 0.05) is 11.1 Å². The zero-order valence-electron chi connectivity index (χ0n) is 22.0. The van der Waals surface area contributed by atoms with Crippen LogP contribution in [0, 0.1) is 13.8 Å². The molecule has 41 heavy (non-hydrogen) atoms. The molecular weight excluding hydrogens is 622 g/mol. The van der Waals surface area contributed by atoms with Crippen LogP contribution in [0.2, 0.25) is 0 Å². The van der Waals surface area contributed by atoms with Crippen LogP contribution in [-0.2, 0) is 39.5 Å². The minimum atomic E-state index is -3.83. The van der Waals surface area contributed by atoms with E-state index in [9.17, 15) is 36.6 Å². The maximum atomic E-state index is 12.2. The maximum absolute atomic E-state index is 12.2. The van der Waals surface area contributed by atoms with E-state index in [-0.39, 0.29) is 51.8 Å². The Bertz CT molecular complexity index is 1610. The van der Waals surface area contributed by atoms with Crippen LogP contribution in [0.25, 0.3) is 0 Å². The summed E-state index contributed by atoms with van der Waals surface area (Å²) in [4.78, 5) is 22.0. The van der Waals surface area contributed by atoms with Crippen molar-refractivity contribution in [1.29, 1.82) is 0 Å². The van der Waals surface area contributed by atoms with Crippen molar-refractivity contribution in [1.82, 2.24) is 0 Å². The summed E-state index contributed by atoms with van der Waals surface area (Å²) < 4.78 is 53.2. The largest absolute Gasteiger partial charge is 2.00 e. The van der Waals surface area contributed by atoms with Gasteiger partial charge in [0.05, 0.1) is 33.1 Å². The van der Waals surface area contributed by atoms with Crippen LogP contribution in [0.15, 0.2) is 107 Å². The quantitative estimate of drug-likeness (QED) is 0.275. The van der Waals surface area contributed by atoms with Crippen molar-refractivity contribution in [2.75, 3.05) is 9.44 Å². The average Bonchev–Trinajstić information content (AvgIpc) is 2.89. The standard InChI is InChI=1S/2C14H13NO4S.Zn/c2*1-10-6-8-11(9-7-10)20(18,19)15-13-5-3-2-4-12(13)14(16)17;/h2*2-9,15H,1H3,(H,16,17);/q;;+2/p-2. The Hall–Kier alpha value is -4.06. The van der Waals surface area contributed by atoms with Crippen LogP contribution in [-0.4, -0.2) is 28.8 Å². The summed E-state index contributed by atoms with van der Waals surface area (Å²) in [6.07, 6.45) is 0. The van der Waals surface area contributed by atoms with Gasteiger partial charge < -0.3 is 19.8 Å². The molecule has 4 aromatic carbocycles. The van der Waals surface area contributed by atoms with E-state index >= 15 is 0 Å². The first-order chi connectivity index (χ1) is 18.8. The molecule has 0 radical (unpaired) electrons. The van der Waals surface area contributed by atoms with Gasteiger partial charge in [0.25, 0.3) is 20.0 Å². The molecule has 0 spiro atoms. The first-order valence-electron chi connectivity index (χ1n) is 11.6. The number of sulfonamides is 2. The summed E-state index contributed by atoms with van der Waals surface area (Å²) in [5.74, 6) is -2.88. The molecule has 13 heteroatoms. The number of benzene rings is 4. The molecule has 4 aromatic rings. The van der Waals surface area contributed by atoms with Gasteiger partial charge in [-0.2, -0.15) is 0 Å². The molecule has 0 saturated carbocycles. The molecule has 208 valence electrons. The Morgan fingerprint density at radius 3 is 1.12 bits per heavy atom. The van der Waals surface area contributed by atoms with Gasteiger partial charge in [-0.15, -0.1) is 0 Å². The molecule has 0 aliphatic rings. The molecule has 0 aliphatic heterocycles. The van der Waals surface area contributed by atoms with Gasteiger partial charge >= 0.3 is 19.5 Å². The Morgan fingerprint density at radius 1 is 0.537 bits per heavy atom. The van der Waals surface area contributed by atoms with E-state index in [4.69, 9.17) is 0 Å². The van der Waals surface area contributed by atoms with Gasteiger partial charge in [0.15, 0.2) is 0 Å². The predicted molar refractivity (Wildman–Crippen MR) is 146 cm³/mol. The number of rotatable bonds is 8. The number of aromatic carboxylic acids is 2. The number of carbonyl (C=O) groups excluding carboxylic acids is 2. The fourth-order valence-electron chi connectivity index (χ4n) is 3.34. The third-order valence-corrected chi connectivity index (χ3v) is 8.21. The molecule has 0 saturated heterocycles. The fraction of sp³-hybridized carbons (Fsp3) is 0.0714. The smallest absolute Gasteiger partial charge is 0.545 e. The minimum Gasteiger partial charge on any atom is -0.545 e. The first-order valence-corrected chi connectivity index (χ1v) is 14.6. The number of para-hydroxylation sites is 2. The van der Waals surface area contributed by atoms with Crippen molar-refractivity contribution >= 4 is 43.4 Å². The van der Waals surface area contributed by atoms with E-state index in [0.717, 1.165) is 11.1 Å². The van der Waals surface area contributed by atoms with Gasteiger partial charge in [-0.3, -0.25) is 9.44 Å². The summed E-state index contributed by atoms with van der Waals surface area (Å²) in [5, 5.41) is 21.9. The second-order valence-electron chi connectivity index (χ2n) is 8.50. The third kappa shape index (κ3) is 8.97. The summed E-state index contributed by atoms with van der Waals surface area (Å²) >= 11 is 0. The number of anilines is 2. The molecule has 0 atom stereocenters. The second-order valence-corrected chi connectivity index (χ2v) is 11.9. The Labute approximate surface area is 250 Å². The normalized spacial score (nSPS) is 10.8. The minimum absolute atomic E-state index is 0. The molecule has 0 unspecified atom stereocenters. The number of carbonyl (C=O) groups is 2. The molecule has 2 N–H and O–H groups in total. The fourth-order valence-corrected chi connectivity index (χ4v) is 5.50. The Morgan fingerprint density at radius 2 is 0.829 bits per heavy atom. The van der Waals surface area contributed by atoms with Crippen LogP contribution >= 0.6 is 0 Å². The van der Waals surface area contributed by atoms with E-state index < -0.39 is 32.0 Å². The monoisotopic (exact) mass is 644 g/mol. The van der Waals surface area contributed by atoms with Gasteiger partial charge in [-0.25, -0.2) is 16.8 Å². The molecule has 0 amide bonds. The van der Waals surface area contributed by atoms with Crippen molar-refractivity contribution in [2.24, 2.45) is 0 Å². The molecular formula is C28H24N2O8S2Zn. The van der Waals surface area contributed by atoms with Crippen LogP contribution in [0.4, 0.5) is 11.4 Å². The topological polar surface area (TPSA) is 173 Å². The SMILES string of the molecule is Cc1ccc(S(=O)(=O)Nc2ccccc2C(=O)[O-])cc1.Cc1ccc(S(=O)(=O)Nc2ccccc2C(=O)[O-])cc1.[Zn+2]. The van der Waals surface area contributed by atoms with Gasteiger partial charge in [0.1, 0.15) is 0 Å². The summed E-state index contributed by atoms with van der Waals surface area (Å²) in [7, 11) is -7.65. The van der Waals surface area contributed by atoms with Gasteiger partial charge in [-0.1, -0.05) is 71.8 Å². The Kier molecular flexibility index (Phi) is 11.3. The van der Waals surface area contributed by atoms with E-state index in [2.05, 4.69) is 9.44 Å². The molecule has 4 rings (SSSR count). The summed E-state index contributed by atoms with van der Waals surface area (Å²) in [6, 6.07) is 23.9. The van der Waals surface area contributed by atoms with Gasteiger partial charge in [-0.05, 0) is 50.2 Å². The van der Waals surface area contributed by atoms with E-state index in [1.54, 1.807) is 36.4 Å². The van der Waals surface area contributed by atoms with Gasteiger partial charge in [0.2, 0.25) is 0 Å². The van der Waals surface area contributed by atoms with Crippen LogP contribution < -0.4 is 19.7 Å². The predicted octanol–water partition coefficient (Wildman–Crippen LogP) is 2.32. The second kappa shape index (κ2) is 14.0. The maximum Gasteiger partial charge on any atom is 2.00 e. The molecule has 0 aliphatic carbocycles. The molecule has 0 bridgehead atoms. The summed E-state index contributed by atoms with van der Waals surface area (Å²) in [5.41, 5.74) is 1.41. The van der Waals surface area contributed by atoms with Crippen LogP contribution in [0.1, 0.15) is 31.8 Å². The number of nitrogens with one attached hydrogen (secondary N) is 2. The molecule has 0 aromatic heterocycles. The van der Waals surface area contributed by atoms with Crippen molar-refractivity contribution < 1.29 is 56.1 Å². The first kappa shape index (κ1) is 33.2. The number of aryl methyl sites for hydroxylation is 2. The number of carboxylic acids is 2. The number of hydrogen-bond acceptors (Lipinski definition) is 8.